The van der Waals surface area contributed by atoms with Crippen LogP contribution in [0.1, 0.15) is 0 Å². The Morgan fingerprint density at radius 3 is 2.67 bits per heavy atom. The largest absolute Gasteiger partial charge is 0.296 e. The molecule has 4 aromatic rings. The SMILES string of the molecule is O=c1c(-c2ccn[nH]2)cnc2c(-c3ccccc3)c[nH]n12. The van der Waals surface area contributed by atoms with E-state index in [9.17, 15) is 4.79 Å². The van der Waals surface area contributed by atoms with E-state index in [2.05, 4.69) is 20.3 Å². The first kappa shape index (κ1) is 11.7. The fourth-order valence-corrected chi connectivity index (χ4v) is 2.38. The molecule has 4 rings (SSSR count). The monoisotopic (exact) mass is 277 g/mol. The third-order valence-electron chi connectivity index (χ3n) is 3.42. The number of hydrogen-bond acceptors (Lipinski definition) is 3. The molecular weight excluding hydrogens is 266 g/mol. The average Bonchev–Trinajstić information content (AvgIpc) is 3.18. The second-order valence-corrected chi connectivity index (χ2v) is 4.66. The van der Waals surface area contributed by atoms with Crippen molar-refractivity contribution in [2.75, 3.05) is 0 Å². The number of benzene rings is 1. The third kappa shape index (κ3) is 1.77. The zero-order chi connectivity index (χ0) is 14.2. The Labute approximate surface area is 119 Å². The molecule has 6 nitrogen and oxygen atoms in total. The van der Waals surface area contributed by atoms with Gasteiger partial charge in [-0.3, -0.25) is 15.0 Å². The highest BCUT2D eigenvalue weighted by Crippen LogP contribution is 2.22. The molecule has 0 aliphatic carbocycles. The summed E-state index contributed by atoms with van der Waals surface area (Å²) in [4.78, 5) is 16.9. The summed E-state index contributed by atoms with van der Waals surface area (Å²) in [5.74, 6) is 0. The summed E-state index contributed by atoms with van der Waals surface area (Å²) in [6, 6.07) is 11.6. The van der Waals surface area contributed by atoms with E-state index in [4.69, 9.17) is 0 Å². The van der Waals surface area contributed by atoms with Crippen LogP contribution in [0, 0.1) is 0 Å². The number of aromatic amines is 2. The summed E-state index contributed by atoms with van der Waals surface area (Å²) in [5, 5.41) is 9.61. The molecule has 3 heterocycles. The lowest BCUT2D eigenvalue weighted by molar-refractivity contribution is 0.899. The van der Waals surface area contributed by atoms with Gasteiger partial charge in [-0.2, -0.15) is 5.10 Å². The van der Waals surface area contributed by atoms with Crippen molar-refractivity contribution < 1.29 is 0 Å². The minimum atomic E-state index is -0.161. The molecule has 0 aliphatic rings. The number of aromatic nitrogens is 5. The number of H-pyrrole nitrogens is 2. The van der Waals surface area contributed by atoms with Crippen molar-refractivity contribution in [1.29, 1.82) is 0 Å². The number of hydrogen-bond donors (Lipinski definition) is 2. The summed E-state index contributed by atoms with van der Waals surface area (Å²) in [6.07, 6.45) is 4.97. The molecule has 6 heteroatoms. The van der Waals surface area contributed by atoms with Crippen LogP contribution in [0.15, 0.2) is 59.8 Å². The minimum Gasteiger partial charge on any atom is -0.296 e. The van der Waals surface area contributed by atoms with E-state index in [0.29, 0.717) is 16.9 Å². The van der Waals surface area contributed by atoms with Gasteiger partial charge in [0.2, 0.25) is 0 Å². The van der Waals surface area contributed by atoms with Crippen LogP contribution in [-0.4, -0.2) is 24.8 Å². The summed E-state index contributed by atoms with van der Waals surface area (Å²) in [7, 11) is 0. The third-order valence-corrected chi connectivity index (χ3v) is 3.42. The molecule has 1 aromatic carbocycles. The summed E-state index contributed by atoms with van der Waals surface area (Å²) in [6.45, 7) is 0. The van der Waals surface area contributed by atoms with Crippen LogP contribution < -0.4 is 5.56 Å². The zero-order valence-corrected chi connectivity index (χ0v) is 10.9. The van der Waals surface area contributed by atoms with Crippen molar-refractivity contribution >= 4 is 5.65 Å². The number of rotatable bonds is 2. The molecule has 2 N–H and O–H groups in total. The molecule has 3 aromatic heterocycles. The normalized spacial score (nSPS) is 11.0. The molecule has 0 radical (unpaired) electrons. The summed E-state index contributed by atoms with van der Waals surface area (Å²) in [5.41, 5.74) is 3.48. The van der Waals surface area contributed by atoms with Crippen molar-refractivity contribution in [2.24, 2.45) is 0 Å². The van der Waals surface area contributed by atoms with Gasteiger partial charge in [0.25, 0.3) is 5.56 Å². The van der Waals surface area contributed by atoms with Gasteiger partial charge < -0.3 is 0 Å². The maximum atomic E-state index is 12.5. The van der Waals surface area contributed by atoms with Crippen LogP contribution in [-0.2, 0) is 0 Å². The standard InChI is InChI=1S/C15H11N5O/c21-15-12(13-6-7-17-19-13)8-16-14-11(9-18-20(14)15)10-4-2-1-3-5-10/h1-9,18H,(H,17,19). The van der Waals surface area contributed by atoms with Gasteiger partial charge in [-0.1, -0.05) is 30.3 Å². The van der Waals surface area contributed by atoms with Gasteiger partial charge in [-0.25, -0.2) is 9.50 Å². The van der Waals surface area contributed by atoms with Gasteiger partial charge in [0.15, 0.2) is 5.65 Å². The van der Waals surface area contributed by atoms with Gasteiger partial charge in [0, 0.05) is 24.2 Å². The second kappa shape index (κ2) is 4.45. The van der Waals surface area contributed by atoms with Crippen molar-refractivity contribution in [1.82, 2.24) is 24.8 Å². The Kier molecular flexibility index (Phi) is 2.47. The van der Waals surface area contributed by atoms with Crippen molar-refractivity contribution in [2.45, 2.75) is 0 Å². The molecular formula is C15H11N5O. The lowest BCUT2D eigenvalue weighted by atomic mass is 10.1. The highest BCUT2D eigenvalue weighted by Gasteiger charge is 2.13. The van der Waals surface area contributed by atoms with E-state index in [0.717, 1.165) is 11.1 Å². The smallest absolute Gasteiger partial charge is 0.282 e. The van der Waals surface area contributed by atoms with Crippen LogP contribution >= 0.6 is 0 Å². The lowest BCUT2D eigenvalue weighted by Gasteiger charge is -2.00. The Balaban J connectivity index is 1.96. The first-order valence-electron chi connectivity index (χ1n) is 6.49. The Morgan fingerprint density at radius 2 is 1.90 bits per heavy atom. The number of fused-ring (bicyclic) bond motifs is 1. The van der Waals surface area contributed by atoms with Gasteiger partial charge in [0.05, 0.1) is 11.3 Å². The highest BCUT2D eigenvalue weighted by atomic mass is 16.1. The van der Waals surface area contributed by atoms with E-state index in [1.807, 2.05) is 30.3 Å². The Morgan fingerprint density at radius 1 is 1.05 bits per heavy atom. The molecule has 0 unspecified atom stereocenters. The van der Waals surface area contributed by atoms with Crippen molar-refractivity contribution in [3.05, 3.63) is 65.3 Å². The molecule has 102 valence electrons. The Bertz CT molecular complexity index is 951. The fourth-order valence-electron chi connectivity index (χ4n) is 2.38. The van der Waals surface area contributed by atoms with Crippen LogP contribution in [0.4, 0.5) is 0 Å². The minimum absolute atomic E-state index is 0.161. The molecule has 0 fully saturated rings. The van der Waals surface area contributed by atoms with Gasteiger partial charge in [-0.15, -0.1) is 0 Å². The predicted molar refractivity (Wildman–Crippen MR) is 78.8 cm³/mol. The quantitative estimate of drug-likeness (QED) is 0.588. The molecule has 0 aliphatic heterocycles. The van der Waals surface area contributed by atoms with Crippen LogP contribution in [0.2, 0.25) is 0 Å². The van der Waals surface area contributed by atoms with Gasteiger partial charge in [0.1, 0.15) is 0 Å². The number of nitrogens with zero attached hydrogens (tertiary/aromatic N) is 3. The summed E-state index contributed by atoms with van der Waals surface area (Å²) < 4.78 is 1.44. The van der Waals surface area contributed by atoms with E-state index in [1.165, 1.54) is 4.52 Å². The first-order valence-corrected chi connectivity index (χ1v) is 6.49. The van der Waals surface area contributed by atoms with Crippen LogP contribution in [0.5, 0.6) is 0 Å². The lowest BCUT2D eigenvalue weighted by Crippen LogP contribution is -2.17. The highest BCUT2D eigenvalue weighted by molar-refractivity contribution is 5.77. The molecule has 0 saturated carbocycles. The second-order valence-electron chi connectivity index (χ2n) is 4.66. The first-order chi connectivity index (χ1) is 10.3. The van der Waals surface area contributed by atoms with E-state index in [-0.39, 0.29) is 5.56 Å². The van der Waals surface area contributed by atoms with E-state index >= 15 is 0 Å². The number of nitrogens with one attached hydrogen (secondary N) is 2. The van der Waals surface area contributed by atoms with Crippen molar-refractivity contribution in [3.63, 3.8) is 0 Å². The average molecular weight is 277 g/mol. The van der Waals surface area contributed by atoms with Gasteiger partial charge in [-0.05, 0) is 11.6 Å². The molecule has 0 atom stereocenters. The van der Waals surface area contributed by atoms with Crippen LogP contribution in [0.3, 0.4) is 0 Å². The molecule has 0 saturated heterocycles. The molecule has 0 spiro atoms. The topological polar surface area (TPSA) is 78.8 Å². The Hall–Kier alpha value is -3.15. The maximum Gasteiger partial charge on any atom is 0.282 e. The van der Waals surface area contributed by atoms with Gasteiger partial charge >= 0.3 is 0 Å². The zero-order valence-electron chi connectivity index (χ0n) is 10.9. The fraction of sp³-hybridized carbons (Fsp3) is 0. The predicted octanol–water partition coefficient (Wildman–Crippen LogP) is 2.08. The molecule has 0 bridgehead atoms. The summed E-state index contributed by atoms with van der Waals surface area (Å²) >= 11 is 0. The molecule has 0 amide bonds. The van der Waals surface area contributed by atoms with Crippen LogP contribution in [0.25, 0.3) is 28.0 Å². The van der Waals surface area contributed by atoms with E-state index < -0.39 is 0 Å². The maximum absolute atomic E-state index is 12.5. The molecule has 21 heavy (non-hydrogen) atoms. The van der Waals surface area contributed by atoms with E-state index in [1.54, 1.807) is 24.7 Å². The van der Waals surface area contributed by atoms with Crippen molar-refractivity contribution in [3.8, 4) is 22.4 Å².